The number of aliphatic hydroxyl groups excluding tert-OH is 1. The van der Waals surface area contributed by atoms with Crippen LogP contribution in [-0.2, 0) is 32.2 Å². The maximum Gasteiger partial charge on any atom is 0.338 e. The van der Waals surface area contributed by atoms with Gasteiger partial charge in [0.15, 0.2) is 6.29 Å². The Hall–Kier alpha value is -5.53. The van der Waals surface area contributed by atoms with E-state index in [0.717, 1.165) is 59.1 Å². The van der Waals surface area contributed by atoms with Gasteiger partial charge in [-0.05, 0) is 77.1 Å². The van der Waals surface area contributed by atoms with Gasteiger partial charge >= 0.3 is 5.97 Å². The average Bonchev–Trinajstić information content (AvgIpc) is 3.24. The molecule has 1 aliphatic rings. The summed E-state index contributed by atoms with van der Waals surface area (Å²) in [6, 6.07) is 34.1. The monoisotopic (exact) mass is 788 g/mol. The van der Waals surface area contributed by atoms with Gasteiger partial charge in [-0.1, -0.05) is 85.6 Å². The molecule has 6 N–H and O–H groups in total. The zero-order valence-electron chi connectivity index (χ0n) is 31.6. The first-order valence-corrected chi connectivity index (χ1v) is 20.2. The van der Waals surface area contributed by atoms with E-state index in [1.165, 1.54) is 11.8 Å². The van der Waals surface area contributed by atoms with Gasteiger partial charge in [0.05, 0.1) is 35.8 Å². The second-order valence-electron chi connectivity index (χ2n) is 14.0. The third-order valence-electron chi connectivity index (χ3n) is 9.72. The van der Waals surface area contributed by atoms with E-state index in [0.29, 0.717) is 48.0 Å². The number of carbonyl (C=O) groups excluding carboxylic acids is 2. The highest BCUT2D eigenvalue weighted by Gasteiger charge is 2.33. The Morgan fingerprint density at radius 3 is 2.26 bits per heavy atom. The highest BCUT2D eigenvalue weighted by molar-refractivity contribution is 7.99. The Bertz CT molecular complexity index is 2130. The molecule has 11 nitrogen and oxygen atoms in total. The average molecular weight is 789 g/mol. The van der Waals surface area contributed by atoms with E-state index in [1.807, 2.05) is 78.9 Å². The van der Waals surface area contributed by atoms with E-state index < -0.39 is 12.3 Å². The van der Waals surface area contributed by atoms with Crippen molar-refractivity contribution in [2.45, 2.75) is 81.6 Å². The minimum Gasteiger partial charge on any atom is -0.478 e. The number of carboxylic acid groups (broad SMARTS) is 1. The third kappa shape index (κ3) is 12.0. The van der Waals surface area contributed by atoms with E-state index in [1.54, 1.807) is 30.5 Å². The maximum atomic E-state index is 12.7. The number of ether oxygens (including phenoxy) is 2. The third-order valence-corrected chi connectivity index (χ3v) is 10.9. The minimum atomic E-state index is -1.03. The van der Waals surface area contributed by atoms with Crippen LogP contribution in [0.3, 0.4) is 0 Å². The van der Waals surface area contributed by atoms with Gasteiger partial charge in [-0.15, -0.1) is 11.8 Å². The number of rotatable bonds is 18. The molecule has 0 aliphatic carbocycles. The number of nitrogens with one attached hydrogen (secondary N) is 2. The molecule has 1 aromatic heterocycles. The summed E-state index contributed by atoms with van der Waals surface area (Å²) >= 11 is 1.35. The van der Waals surface area contributed by atoms with Gasteiger partial charge in [0, 0.05) is 43.3 Å². The number of carboxylic acids is 1. The zero-order valence-corrected chi connectivity index (χ0v) is 32.5. The Labute approximate surface area is 337 Å². The number of thioether (sulfide) groups is 1. The lowest BCUT2D eigenvalue weighted by Crippen LogP contribution is -2.31. The molecule has 0 unspecified atom stereocenters. The van der Waals surface area contributed by atoms with E-state index >= 15 is 0 Å². The summed E-state index contributed by atoms with van der Waals surface area (Å²) in [5.41, 5.74) is 12.7. The van der Waals surface area contributed by atoms with Crippen LogP contribution in [0, 0.1) is 0 Å². The largest absolute Gasteiger partial charge is 0.478 e. The predicted molar refractivity (Wildman–Crippen MR) is 221 cm³/mol. The fraction of sp³-hybridized carbons (Fsp3) is 0.289. The fourth-order valence-electron chi connectivity index (χ4n) is 6.63. The summed E-state index contributed by atoms with van der Waals surface area (Å²) in [7, 11) is 0. The second kappa shape index (κ2) is 20.6. The van der Waals surface area contributed by atoms with Gasteiger partial charge in [0.2, 0.25) is 11.8 Å². The lowest BCUT2D eigenvalue weighted by Gasteiger charge is -2.36. The maximum absolute atomic E-state index is 12.7. The SMILES string of the molecule is Nc1ccccc1NC(=O)CCCCCCC(=O)NCc1cccc(-c2cccc([C@H]3O[C@@H](CSc4ncccc4C(=O)O)C[C@@H](c4ccc(CO)cc4)O3)c2)c1. The molecule has 6 rings (SSSR count). The molecule has 296 valence electrons. The molecule has 1 aliphatic heterocycles. The topological polar surface area (TPSA) is 173 Å². The second-order valence-corrected chi connectivity index (χ2v) is 15.0. The van der Waals surface area contributed by atoms with Crippen molar-refractivity contribution in [2.75, 3.05) is 16.8 Å². The quantitative estimate of drug-likeness (QED) is 0.0329. The van der Waals surface area contributed by atoms with E-state index in [9.17, 15) is 24.6 Å². The van der Waals surface area contributed by atoms with Crippen LogP contribution in [0.5, 0.6) is 0 Å². The first-order chi connectivity index (χ1) is 27.7. The molecular formula is C45H48N4O7S. The number of carbonyl (C=O) groups is 3. The summed E-state index contributed by atoms with van der Waals surface area (Å²) < 4.78 is 13.1. The van der Waals surface area contributed by atoms with Crippen LogP contribution >= 0.6 is 11.8 Å². The smallest absolute Gasteiger partial charge is 0.338 e. The van der Waals surface area contributed by atoms with Gasteiger partial charge in [-0.2, -0.15) is 0 Å². The van der Waals surface area contributed by atoms with Crippen molar-refractivity contribution in [2.24, 2.45) is 0 Å². The Balaban J connectivity index is 1.03. The van der Waals surface area contributed by atoms with E-state index in [4.69, 9.17) is 15.2 Å². The summed E-state index contributed by atoms with van der Waals surface area (Å²) in [5.74, 6) is -0.634. The number of amides is 2. The molecule has 1 fully saturated rings. The van der Waals surface area contributed by atoms with Gasteiger partial charge in [0.1, 0.15) is 5.03 Å². The number of anilines is 2. The number of unbranched alkanes of at least 4 members (excludes halogenated alkanes) is 3. The van der Waals surface area contributed by atoms with Crippen molar-refractivity contribution >= 4 is 40.9 Å². The summed E-state index contributed by atoms with van der Waals surface area (Å²) in [6.45, 7) is 0.351. The standard InChI is InChI=1S/C45H48N4O7S/c46-38-15-5-6-16-39(38)49-42(52)18-4-2-1-3-17-41(51)48-27-31-10-7-11-33(24-31)34-12-8-13-35(25-34)45-55-36(29-57-43-37(44(53)54)14-9-23-47-43)26-40(56-45)32-21-19-30(28-50)20-22-32/h5-16,19-25,36,40,45,50H,1-4,17-18,26-29,46H2,(H,48,51)(H,49,52)(H,53,54)/t36-,40+,45+/m1/s1. The van der Waals surface area contributed by atoms with Crippen molar-refractivity contribution in [3.63, 3.8) is 0 Å². The Morgan fingerprint density at radius 2 is 1.51 bits per heavy atom. The number of aromatic carboxylic acids is 1. The van der Waals surface area contributed by atoms with Crippen LogP contribution in [0.25, 0.3) is 11.1 Å². The number of nitrogen functional groups attached to an aromatic ring is 1. The van der Waals surface area contributed by atoms with Crippen LogP contribution in [0.15, 0.2) is 120 Å². The lowest BCUT2D eigenvalue weighted by molar-refractivity contribution is -0.245. The Kier molecular flexibility index (Phi) is 14.8. The van der Waals surface area contributed by atoms with Gasteiger partial charge < -0.3 is 36.1 Å². The Morgan fingerprint density at radius 1 is 0.772 bits per heavy atom. The highest BCUT2D eigenvalue weighted by Crippen LogP contribution is 2.40. The highest BCUT2D eigenvalue weighted by atomic mass is 32.2. The number of nitrogens with zero attached hydrogens (tertiary/aromatic N) is 1. The van der Waals surface area contributed by atoms with Crippen LogP contribution in [0.4, 0.5) is 11.4 Å². The predicted octanol–water partition coefficient (Wildman–Crippen LogP) is 8.45. The molecule has 3 atom stereocenters. The molecule has 5 aromatic rings. The van der Waals surface area contributed by atoms with Gasteiger partial charge in [-0.25, -0.2) is 9.78 Å². The summed E-state index contributed by atoms with van der Waals surface area (Å²) in [6.07, 6.45) is 4.91. The molecule has 57 heavy (non-hydrogen) atoms. The van der Waals surface area contributed by atoms with Crippen molar-refractivity contribution in [3.05, 3.63) is 143 Å². The molecule has 0 radical (unpaired) electrons. The lowest BCUT2D eigenvalue weighted by atomic mass is 9.99. The summed E-state index contributed by atoms with van der Waals surface area (Å²) in [4.78, 5) is 41.0. The number of hydrogen-bond donors (Lipinski definition) is 5. The van der Waals surface area contributed by atoms with E-state index in [-0.39, 0.29) is 36.2 Å². The number of benzene rings is 4. The van der Waals surface area contributed by atoms with Crippen LogP contribution in [0.1, 0.15) is 90.0 Å². The number of pyridine rings is 1. The van der Waals surface area contributed by atoms with Crippen LogP contribution < -0.4 is 16.4 Å². The van der Waals surface area contributed by atoms with Crippen LogP contribution in [-0.4, -0.2) is 44.8 Å². The van der Waals surface area contributed by atoms with Crippen LogP contribution in [0.2, 0.25) is 0 Å². The molecule has 12 heteroatoms. The zero-order chi connectivity index (χ0) is 40.0. The van der Waals surface area contributed by atoms with E-state index in [2.05, 4.69) is 21.7 Å². The van der Waals surface area contributed by atoms with Gasteiger partial charge in [-0.3, -0.25) is 9.59 Å². The van der Waals surface area contributed by atoms with Crippen molar-refractivity contribution < 1.29 is 34.1 Å². The molecule has 2 amide bonds. The number of hydrogen-bond acceptors (Lipinski definition) is 9. The molecule has 0 bridgehead atoms. The minimum absolute atomic E-state index is 0.0122. The first kappa shape index (κ1) is 41.1. The molecule has 1 saturated heterocycles. The molecular weight excluding hydrogens is 741 g/mol. The molecule has 2 heterocycles. The number of aromatic nitrogens is 1. The van der Waals surface area contributed by atoms with Crippen molar-refractivity contribution in [3.8, 4) is 11.1 Å². The van der Waals surface area contributed by atoms with Crippen molar-refractivity contribution in [1.82, 2.24) is 10.3 Å². The molecule has 0 spiro atoms. The van der Waals surface area contributed by atoms with Crippen molar-refractivity contribution in [1.29, 1.82) is 0 Å². The number of aliphatic hydroxyl groups is 1. The van der Waals surface area contributed by atoms with Gasteiger partial charge in [0.25, 0.3) is 0 Å². The molecule has 4 aromatic carbocycles. The number of para-hydroxylation sites is 2. The fourth-order valence-corrected chi connectivity index (χ4v) is 7.63. The molecule has 0 saturated carbocycles. The number of nitrogens with two attached hydrogens (primary N) is 1. The first-order valence-electron chi connectivity index (χ1n) is 19.2. The summed E-state index contributed by atoms with van der Waals surface area (Å²) in [5, 5.41) is 25.6. The normalized spacial score (nSPS) is 16.5.